The van der Waals surface area contributed by atoms with Crippen molar-refractivity contribution in [1.82, 2.24) is 30.6 Å². The Labute approximate surface area is 165 Å². The number of rotatable bonds is 3. The zero-order chi connectivity index (χ0) is 19.1. The van der Waals surface area contributed by atoms with Gasteiger partial charge in [-0.05, 0) is 36.4 Å². The van der Waals surface area contributed by atoms with Crippen LogP contribution >= 0.6 is 11.8 Å². The molecule has 4 heterocycles. The number of aromatic nitrogens is 6. The van der Waals surface area contributed by atoms with E-state index in [9.17, 15) is 4.79 Å². The number of carbonyl (C=O) groups is 1. The molecular weight excluding hydrogens is 376 g/mol. The number of amides is 1. The fourth-order valence-corrected chi connectivity index (χ4v) is 4.22. The topological polar surface area (TPSA) is 104 Å². The van der Waals surface area contributed by atoms with Crippen molar-refractivity contribution in [3.8, 4) is 11.4 Å². The average molecular weight is 394 g/mol. The van der Waals surface area contributed by atoms with E-state index in [1.807, 2.05) is 35.4 Å². The third-order valence-electron chi connectivity index (χ3n) is 5.21. The Morgan fingerprint density at radius 1 is 1.32 bits per heavy atom. The van der Waals surface area contributed by atoms with Crippen LogP contribution < -0.4 is 9.80 Å². The van der Waals surface area contributed by atoms with Gasteiger partial charge >= 0.3 is 0 Å². The van der Waals surface area contributed by atoms with Crippen molar-refractivity contribution in [2.24, 2.45) is 0 Å². The lowest BCUT2D eigenvalue weighted by Gasteiger charge is -2.27. The second-order valence-corrected chi connectivity index (χ2v) is 7.56. The van der Waals surface area contributed by atoms with Crippen molar-refractivity contribution in [2.75, 3.05) is 29.1 Å². The molecule has 1 fully saturated rings. The number of benzene rings is 1. The maximum atomic E-state index is 13.4. The van der Waals surface area contributed by atoms with Crippen LogP contribution in [0.3, 0.4) is 0 Å². The lowest BCUT2D eigenvalue weighted by molar-refractivity contribution is 0.0988. The lowest BCUT2D eigenvalue weighted by Crippen LogP contribution is -2.39. The van der Waals surface area contributed by atoms with E-state index in [1.54, 1.807) is 6.20 Å². The first kappa shape index (κ1) is 17.1. The molecule has 1 unspecified atom stereocenters. The molecule has 0 saturated carbocycles. The first-order chi connectivity index (χ1) is 13.7. The van der Waals surface area contributed by atoms with Gasteiger partial charge in [0.25, 0.3) is 5.91 Å². The largest absolute Gasteiger partial charge is 0.351 e. The molecule has 0 spiro atoms. The van der Waals surface area contributed by atoms with Crippen molar-refractivity contribution in [3.63, 3.8) is 0 Å². The van der Waals surface area contributed by atoms with Crippen LogP contribution in [0.2, 0.25) is 0 Å². The fourth-order valence-electron chi connectivity index (χ4n) is 3.89. The van der Waals surface area contributed by atoms with Gasteiger partial charge in [-0.3, -0.25) is 4.79 Å². The van der Waals surface area contributed by atoms with Crippen LogP contribution in [0.5, 0.6) is 0 Å². The normalized spacial score (nSPS) is 18.8. The summed E-state index contributed by atoms with van der Waals surface area (Å²) in [5.74, 6) is 1.17. The number of thioether (sulfide) groups is 1. The van der Waals surface area contributed by atoms with Gasteiger partial charge in [0.2, 0.25) is 5.82 Å². The number of nitrogens with one attached hydrogen (secondary N) is 1. The monoisotopic (exact) mass is 394 g/mol. The van der Waals surface area contributed by atoms with Crippen molar-refractivity contribution < 1.29 is 4.79 Å². The molecule has 0 bridgehead atoms. The lowest BCUT2D eigenvalue weighted by atomic mass is 10.1. The minimum absolute atomic E-state index is 0.0812. The first-order valence-electron chi connectivity index (χ1n) is 9.08. The van der Waals surface area contributed by atoms with Crippen LogP contribution in [0.15, 0.2) is 35.6 Å². The predicted octanol–water partition coefficient (Wildman–Crippen LogP) is 2.01. The van der Waals surface area contributed by atoms with Gasteiger partial charge in [0, 0.05) is 36.6 Å². The molecule has 2 aliphatic rings. The zero-order valence-electron chi connectivity index (χ0n) is 15.2. The summed E-state index contributed by atoms with van der Waals surface area (Å²) in [6.07, 6.45) is 5.73. The Balaban J connectivity index is 1.59. The number of aromatic amines is 1. The molecule has 0 radical (unpaired) electrons. The standard InChI is InChI=1S/C18H18N8OS/c1-28-18-19-9-14-16(20-18)25-7-3-6-13(25)10-26(17(14)27)12-5-2-4-11(8-12)15-21-23-24-22-15/h2,4-5,8-9,13H,3,6-7,10H2,1H3,(H,21,22,23,24). The van der Waals surface area contributed by atoms with Crippen LogP contribution in [0.4, 0.5) is 11.5 Å². The van der Waals surface area contributed by atoms with Crippen LogP contribution in [-0.4, -0.2) is 61.9 Å². The highest BCUT2D eigenvalue weighted by Gasteiger charge is 2.37. The number of nitrogens with zero attached hydrogens (tertiary/aromatic N) is 7. The van der Waals surface area contributed by atoms with Gasteiger partial charge in [0.1, 0.15) is 11.4 Å². The van der Waals surface area contributed by atoms with Crippen LogP contribution in [0, 0.1) is 0 Å². The molecule has 1 aromatic carbocycles. The van der Waals surface area contributed by atoms with E-state index in [2.05, 4.69) is 35.5 Å². The first-order valence-corrected chi connectivity index (χ1v) is 10.3. The molecule has 5 rings (SSSR count). The van der Waals surface area contributed by atoms with Gasteiger partial charge in [0.15, 0.2) is 5.16 Å². The summed E-state index contributed by atoms with van der Waals surface area (Å²) in [6, 6.07) is 7.90. The summed E-state index contributed by atoms with van der Waals surface area (Å²) < 4.78 is 0. The predicted molar refractivity (Wildman–Crippen MR) is 105 cm³/mol. The average Bonchev–Trinajstić information content (AvgIpc) is 3.41. The molecule has 1 amide bonds. The molecule has 3 aromatic rings. The second kappa shape index (κ2) is 6.86. The quantitative estimate of drug-likeness (QED) is 0.531. The van der Waals surface area contributed by atoms with E-state index < -0.39 is 0 Å². The number of hydrogen-bond donors (Lipinski definition) is 1. The third kappa shape index (κ3) is 2.80. The fraction of sp³-hybridized carbons (Fsp3) is 0.333. The van der Waals surface area contributed by atoms with E-state index in [0.29, 0.717) is 23.1 Å². The van der Waals surface area contributed by atoms with Gasteiger partial charge in [0.05, 0.1) is 0 Å². The molecular formula is C18H18N8OS. The molecule has 1 N–H and O–H groups in total. The molecule has 1 atom stereocenters. The summed E-state index contributed by atoms with van der Waals surface area (Å²) in [6.45, 7) is 1.52. The molecule has 9 nitrogen and oxygen atoms in total. The van der Waals surface area contributed by atoms with Crippen molar-refractivity contribution in [2.45, 2.75) is 24.0 Å². The highest BCUT2D eigenvalue weighted by atomic mass is 32.2. The Bertz CT molecular complexity index is 1020. The maximum Gasteiger partial charge on any atom is 0.263 e. The van der Waals surface area contributed by atoms with Crippen LogP contribution in [-0.2, 0) is 0 Å². The summed E-state index contributed by atoms with van der Waals surface area (Å²) in [5.41, 5.74) is 2.16. The SMILES string of the molecule is CSc1ncc2c(n1)N1CCCC1CN(c1cccc(-c3nn[nH]n3)c1)C2=O. The Morgan fingerprint density at radius 3 is 3.07 bits per heavy atom. The summed E-state index contributed by atoms with van der Waals surface area (Å²) in [5, 5.41) is 14.8. The summed E-state index contributed by atoms with van der Waals surface area (Å²) in [4.78, 5) is 26.5. The Morgan fingerprint density at radius 2 is 2.25 bits per heavy atom. The number of tetrazole rings is 1. The highest BCUT2D eigenvalue weighted by Crippen LogP contribution is 2.34. The van der Waals surface area contributed by atoms with E-state index in [0.717, 1.165) is 36.5 Å². The van der Waals surface area contributed by atoms with E-state index >= 15 is 0 Å². The smallest absolute Gasteiger partial charge is 0.263 e. The van der Waals surface area contributed by atoms with Crippen molar-refractivity contribution in [1.29, 1.82) is 0 Å². The van der Waals surface area contributed by atoms with Gasteiger partial charge in [-0.2, -0.15) is 5.21 Å². The molecule has 2 aromatic heterocycles. The number of carbonyl (C=O) groups excluding carboxylic acids is 1. The molecule has 1 saturated heterocycles. The van der Waals surface area contributed by atoms with Gasteiger partial charge in [-0.15, -0.1) is 10.2 Å². The molecule has 28 heavy (non-hydrogen) atoms. The van der Waals surface area contributed by atoms with E-state index in [-0.39, 0.29) is 11.9 Å². The minimum Gasteiger partial charge on any atom is -0.351 e. The minimum atomic E-state index is -0.0812. The third-order valence-corrected chi connectivity index (χ3v) is 5.77. The number of H-pyrrole nitrogens is 1. The molecule has 0 aliphatic carbocycles. The summed E-state index contributed by atoms with van der Waals surface area (Å²) >= 11 is 1.48. The van der Waals surface area contributed by atoms with E-state index in [1.165, 1.54) is 11.8 Å². The summed E-state index contributed by atoms with van der Waals surface area (Å²) in [7, 11) is 0. The van der Waals surface area contributed by atoms with Crippen LogP contribution in [0.1, 0.15) is 23.2 Å². The van der Waals surface area contributed by atoms with Gasteiger partial charge in [-0.1, -0.05) is 23.9 Å². The Hall–Kier alpha value is -3.01. The number of anilines is 2. The highest BCUT2D eigenvalue weighted by molar-refractivity contribution is 7.98. The van der Waals surface area contributed by atoms with Crippen molar-refractivity contribution in [3.05, 3.63) is 36.0 Å². The second-order valence-electron chi connectivity index (χ2n) is 6.78. The molecule has 2 aliphatic heterocycles. The molecule has 10 heteroatoms. The van der Waals surface area contributed by atoms with E-state index in [4.69, 9.17) is 0 Å². The van der Waals surface area contributed by atoms with Crippen molar-refractivity contribution >= 4 is 29.2 Å². The zero-order valence-corrected chi connectivity index (χ0v) is 16.1. The number of fused-ring (bicyclic) bond motifs is 3. The van der Waals surface area contributed by atoms with Gasteiger partial charge < -0.3 is 9.80 Å². The molecule has 142 valence electrons. The maximum absolute atomic E-state index is 13.4. The van der Waals surface area contributed by atoms with Crippen LogP contribution in [0.25, 0.3) is 11.4 Å². The Kier molecular flexibility index (Phi) is 4.19. The van der Waals surface area contributed by atoms with Gasteiger partial charge in [-0.25, -0.2) is 9.97 Å². The number of hydrogen-bond acceptors (Lipinski definition) is 8.